The molecule has 0 heterocycles. The summed E-state index contributed by atoms with van der Waals surface area (Å²) in [6.45, 7) is 3.11. The molecule has 0 spiro atoms. The van der Waals surface area contributed by atoms with Crippen LogP contribution in [0, 0.1) is 5.92 Å². The van der Waals surface area contributed by atoms with Crippen LogP contribution in [0.2, 0.25) is 0 Å². The first-order valence-corrected chi connectivity index (χ1v) is 6.72. The first-order valence-electron chi connectivity index (χ1n) is 6.72. The van der Waals surface area contributed by atoms with Gasteiger partial charge in [0.1, 0.15) is 11.5 Å². The summed E-state index contributed by atoms with van der Waals surface area (Å²) in [5, 5.41) is 3.64. The van der Waals surface area contributed by atoms with Crippen LogP contribution in [0.4, 0.5) is 0 Å². The largest absolute Gasteiger partial charge is 0.497 e. The molecule has 3 nitrogen and oxygen atoms in total. The molecule has 0 amide bonds. The van der Waals surface area contributed by atoms with Gasteiger partial charge < -0.3 is 14.8 Å². The molecular formula is C15H23NO2. The number of hydrogen-bond acceptors (Lipinski definition) is 3. The number of nitrogens with one attached hydrogen (secondary N) is 1. The summed E-state index contributed by atoms with van der Waals surface area (Å²) in [5.41, 5.74) is 1.19. The molecule has 0 radical (unpaired) electrons. The maximum atomic E-state index is 5.41. The van der Waals surface area contributed by atoms with Crippen LogP contribution < -0.4 is 14.8 Å². The maximum absolute atomic E-state index is 5.41. The fourth-order valence-corrected chi connectivity index (χ4v) is 2.38. The van der Waals surface area contributed by atoms with Crippen LogP contribution in [0.15, 0.2) is 18.2 Å². The van der Waals surface area contributed by atoms with E-state index in [0.29, 0.717) is 6.04 Å². The molecule has 1 unspecified atom stereocenters. The maximum Gasteiger partial charge on any atom is 0.127 e. The minimum Gasteiger partial charge on any atom is -0.497 e. The second kappa shape index (κ2) is 6.10. The summed E-state index contributed by atoms with van der Waals surface area (Å²) in [6, 6.07) is 6.65. The summed E-state index contributed by atoms with van der Waals surface area (Å²) in [4.78, 5) is 0. The number of methoxy groups -OCH3 is 2. The lowest BCUT2D eigenvalue weighted by Gasteiger charge is -2.17. The van der Waals surface area contributed by atoms with E-state index in [1.807, 2.05) is 12.1 Å². The molecule has 3 heteroatoms. The molecule has 0 bridgehead atoms. The molecule has 100 valence electrons. The normalized spacial score (nSPS) is 16.4. The average Bonchev–Trinajstić information content (AvgIpc) is 3.24. The lowest BCUT2D eigenvalue weighted by atomic mass is 10.1. The van der Waals surface area contributed by atoms with Crippen LogP contribution in [0.5, 0.6) is 11.5 Å². The van der Waals surface area contributed by atoms with E-state index in [2.05, 4.69) is 18.3 Å². The van der Waals surface area contributed by atoms with Gasteiger partial charge in [0.05, 0.1) is 14.2 Å². The quantitative estimate of drug-likeness (QED) is 0.806. The SMILES string of the molecule is CCC(NCc1ccc(OC)cc1OC)C1CC1. The Morgan fingerprint density at radius 2 is 2.06 bits per heavy atom. The summed E-state index contributed by atoms with van der Waals surface area (Å²) in [5.74, 6) is 2.62. The van der Waals surface area contributed by atoms with E-state index in [-0.39, 0.29) is 0 Å². The van der Waals surface area contributed by atoms with Crippen molar-refractivity contribution >= 4 is 0 Å². The van der Waals surface area contributed by atoms with Crippen LogP contribution in [0.3, 0.4) is 0 Å². The van der Waals surface area contributed by atoms with Gasteiger partial charge in [-0.1, -0.05) is 13.0 Å². The summed E-state index contributed by atoms with van der Waals surface area (Å²) < 4.78 is 10.6. The predicted octanol–water partition coefficient (Wildman–Crippen LogP) is 2.98. The van der Waals surface area contributed by atoms with Crippen molar-refractivity contribution in [1.29, 1.82) is 0 Å². The monoisotopic (exact) mass is 249 g/mol. The molecule has 1 fully saturated rings. The number of rotatable bonds is 7. The van der Waals surface area contributed by atoms with Crippen molar-refractivity contribution in [3.63, 3.8) is 0 Å². The van der Waals surface area contributed by atoms with E-state index >= 15 is 0 Å². The topological polar surface area (TPSA) is 30.5 Å². The molecular weight excluding hydrogens is 226 g/mol. The van der Waals surface area contributed by atoms with Gasteiger partial charge in [0.15, 0.2) is 0 Å². The zero-order valence-corrected chi connectivity index (χ0v) is 11.5. The van der Waals surface area contributed by atoms with Gasteiger partial charge in [0.2, 0.25) is 0 Å². The van der Waals surface area contributed by atoms with E-state index in [1.165, 1.54) is 24.8 Å². The van der Waals surface area contributed by atoms with E-state index in [0.717, 1.165) is 24.0 Å². The summed E-state index contributed by atoms with van der Waals surface area (Å²) in [7, 11) is 3.38. The van der Waals surface area contributed by atoms with E-state index < -0.39 is 0 Å². The Morgan fingerprint density at radius 1 is 1.28 bits per heavy atom. The zero-order chi connectivity index (χ0) is 13.0. The number of ether oxygens (including phenoxy) is 2. The molecule has 1 aliphatic rings. The highest BCUT2D eigenvalue weighted by molar-refractivity contribution is 5.40. The van der Waals surface area contributed by atoms with Crippen molar-refractivity contribution < 1.29 is 9.47 Å². The molecule has 0 aromatic heterocycles. The van der Waals surface area contributed by atoms with Crippen molar-refractivity contribution in [1.82, 2.24) is 5.32 Å². The van der Waals surface area contributed by atoms with E-state index in [1.54, 1.807) is 14.2 Å². The standard InChI is InChI=1S/C15H23NO2/c1-4-14(11-5-6-11)16-10-12-7-8-13(17-2)9-15(12)18-3/h7-9,11,14,16H,4-6,10H2,1-3H3. The van der Waals surface area contributed by atoms with Crippen LogP contribution in [-0.4, -0.2) is 20.3 Å². The van der Waals surface area contributed by atoms with Gasteiger partial charge in [-0.05, 0) is 31.2 Å². The Bertz CT molecular complexity index is 388. The van der Waals surface area contributed by atoms with Crippen molar-refractivity contribution in [2.24, 2.45) is 5.92 Å². The first kappa shape index (κ1) is 13.2. The highest BCUT2D eigenvalue weighted by atomic mass is 16.5. The lowest BCUT2D eigenvalue weighted by molar-refractivity contribution is 0.385. The van der Waals surface area contributed by atoms with Crippen LogP contribution in [-0.2, 0) is 6.54 Å². The molecule has 18 heavy (non-hydrogen) atoms. The predicted molar refractivity (Wildman–Crippen MR) is 73.2 cm³/mol. The highest BCUT2D eigenvalue weighted by Gasteiger charge is 2.29. The van der Waals surface area contributed by atoms with Gasteiger partial charge in [-0.2, -0.15) is 0 Å². The van der Waals surface area contributed by atoms with Gasteiger partial charge in [0, 0.05) is 24.2 Å². The van der Waals surface area contributed by atoms with E-state index in [9.17, 15) is 0 Å². The average molecular weight is 249 g/mol. The molecule has 0 aliphatic heterocycles. The van der Waals surface area contributed by atoms with Gasteiger partial charge in [0.25, 0.3) is 0 Å². The third kappa shape index (κ3) is 3.16. The van der Waals surface area contributed by atoms with Crippen molar-refractivity contribution in [2.45, 2.75) is 38.8 Å². The van der Waals surface area contributed by atoms with Gasteiger partial charge in [-0.25, -0.2) is 0 Å². The van der Waals surface area contributed by atoms with Crippen LogP contribution in [0.1, 0.15) is 31.7 Å². The third-order valence-electron chi connectivity index (χ3n) is 3.68. The minimum absolute atomic E-state index is 0.650. The number of hydrogen-bond donors (Lipinski definition) is 1. The van der Waals surface area contributed by atoms with Crippen molar-refractivity contribution in [2.75, 3.05) is 14.2 Å². The Morgan fingerprint density at radius 3 is 2.61 bits per heavy atom. The Balaban J connectivity index is 1.99. The number of benzene rings is 1. The van der Waals surface area contributed by atoms with Crippen LogP contribution >= 0.6 is 0 Å². The summed E-state index contributed by atoms with van der Waals surface area (Å²) >= 11 is 0. The van der Waals surface area contributed by atoms with Crippen molar-refractivity contribution in [3.8, 4) is 11.5 Å². The van der Waals surface area contributed by atoms with Crippen LogP contribution in [0.25, 0.3) is 0 Å². The molecule has 1 N–H and O–H groups in total. The molecule has 1 aromatic rings. The second-order valence-corrected chi connectivity index (χ2v) is 4.91. The Labute approximate surface area is 109 Å². The molecule has 1 aliphatic carbocycles. The third-order valence-corrected chi connectivity index (χ3v) is 3.68. The lowest BCUT2D eigenvalue weighted by Crippen LogP contribution is -2.29. The fourth-order valence-electron chi connectivity index (χ4n) is 2.38. The summed E-state index contributed by atoms with van der Waals surface area (Å²) in [6.07, 6.45) is 3.96. The highest BCUT2D eigenvalue weighted by Crippen LogP contribution is 2.34. The fraction of sp³-hybridized carbons (Fsp3) is 0.600. The Kier molecular flexibility index (Phi) is 4.48. The first-order chi connectivity index (χ1) is 8.78. The minimum atomic E-state index is 0.650. The van der Waals surface area contributed by atoms with Gasteiger partial charge in [-0.15, -0.1) is 0 Å². The second-order valence-electron chi connectivity index (χ2n) is 4.91. The molecule has 1 atom stereocenters. The molecule has 0 saturated heterocycles. The molecule has 1 aromatic carbocycles. The smallest absolute Gasteiger partial charge is 0.127 e. The molecule has 1 saturated carbocycles. The Hall–Kier alpha value is -1.22. The van der Waals surface area contributed by atoms with Gasteiger partial charge >= 0.3 is 0 Å². The van der Waals surface area contributed by atoms with Crippen molar-refractivity contribution in [3.05, 3.63) is 23.8 Å². The van der Waals surface area contributed by atoms with Gasteiger partial charge in [-0.3, -0.25) is 0 Å². The van der Waals surface area contributed by atoms with E-state index in [4.69, 9.17) is 9.47 Å². The zero-order valence-electron chi connectivity index (χ0n) is 11.5. The molecule has 2 rings (SSSR count).